The number of halogens is 2. The van der Waals surface area contributed by atoms with Gasteiger partial charge in [-0.25, -0.2) is 4.79 Å². The summed E-state index contributed by atoms with van der Waals surface area (Å²) < 4.78 is 10.9. The number of hydrogen-bond acceptors (Lipinski definition) is 3. The number of fused-ring (bicyclic) bond motifs is 1. The molecule has 1 aromatic heterocycles. The van der Waals surface area contributed by atoms with Crippen molar-refractivity contribution >= 4 is 34.2 Å². The minimum absolute atomic E-state index is 0.346. The number of ether oxygens (including phenoxy) is 1. The molecule has 2 aromatic carbocycles. The Bertz CT molecular complexity index is 900. The summed E-state index contributed by atoms with van der Waals surface area (Å²) in [6, 6.07) is 12.2. The van der Waals surface area contributed by atoms with E-state index < -0.39 is 0 Å². The van der Waals surface area contributed by atoms with Gasteiger partial charge in [0, 0.05) is 17.5 Å². The largest absolute Gasteiger partial charge is 0.489 e. The quantitative estimate of drug-likeness (QED) is 0.633. The fraction of sp³-hybridized carbons (Fsp3) is 0.118. The zero-order chi connectivity index (χ0) is 15.7. The second-order valence-electron chi connectivity index (χ2n) is 4.94. The van der Waals surface area contributed by atoms with Crippen LogP contribution < -0.4 is 10.4 Å². The van der Waals surface area contributed by atoms with Gasteiger partial charge in [0.25, 0.3) is 0 Å². The van der Waals surface area contributed by atoms with Crippen LogP contribution in [0.3, 0.4) is 0 Å². The molecule has 5 heteroatoms. The first-order valence-corrected chi connectivity index (χ1v) is 7.40. The van der Waals surface area contributed by atoms with Crippen molar-refractivity contribution in [1.82, 2.24) is 0 Å². The molecule has 0 aliphatic carbocycles. The summed E-state index contributed by atoms with van der Waals surface area (Å²) in [6.07, 6.45) is 0. The Labute approximate surface area is 137 Å². The molecule has 3 nitrogen and oxygen atoms in total. The summed E-state index contributed by atoms with van der Waals surface area (Å²) in [5, 5.41) is 1.89. The summed E-state index contributed by atoms with van der Waals surface area (Å²) in [4.78, 5) is 11.4. The third-order valence-corrected chi connectivity index (χ3v) is 4.05. The average Bonchev–Trinajstić information content (AvgIpc) is 2.48. The molecule has 112 valence electrons. The van der Waals surface area contributed by atoms with Crippen molar-refractivity contribution in [2.45, 2.75) is 13.5 Å². The molecule has 0 saturated heterocycles. The molecular formula is C17H12Cl2O3. The van der Waals surface area contributed by atoms with Crippen LogP contribution in [0, 0.1) is 6.92 Å². The highest BCUT2D eigenvalue weighted by atomic mass is 35.5. The maximum atomic E-state index is 11.4. The SMILES string of the molecule is Cc1cc(=O)oc2cc(OCc3ccc(Cl)c(Cl)c3)ccc12. The van der Waals surface area contributed by atoms with Gasteiger partial charge >= 0.3 is 5.63 Å². The highest BCUT2D eigenvalue weighted by Gasteiger charge is 2.05. The molecule has 0 aliphatic rings. The van der Waals surface area contributed by atoms with E-state index in [9.17, 15) is 4.79 Å². The standard InChI is InChI=1S/C17H12Cl2O3/c1-10-6-17(20)22-16-8-12(3-4-13(10)16)21-9-11-2-5-14(18)15(19)7-11/h2-8H,9H2,1H3. The molecule has 0 spiro atoms. The monoisotopic (exact) mass is 334 g/mol. The first-order chi connectivity index (χ1) is 10.5. The zero-order valence-electron chi connectivity index (χ0n) is 11.7. The Morgan fingerprint density at radius 1 is 1.05 bits per heavy atom. The van der Waals surface area contributed by atoms with E-state index in [2.05, 4.69) is 0 Å². The molecule has 0 saturated carbocycles. The van der Waals surface area contributed by atoms with Crippen molar-refractivity contribution in [3.63, 3.8) is 0 Å². The first-order valence-electron chi connectivity index (χ1n) is 6.64. The van der Waals surface area contributed by atoms with Gasteiger partial charge in [0.2, 0.25) is 0 Å². The average molecular weight is 335 g/mol. The van der Waals surface area contributed by atoms with Crippen molar-refractivity contribution in [2.24, 2.45) is 0 Å². The van der Waals surface area contributed by atoms with E-state index in [1.807, 2.05) is 25.1 Å². The Kier molecular flexibility index (Phi) is 4.10. The van der Waals surface area contributed by atoms with Crippen LogP contribution in [0.4, 0.5) is 0 Å². The van der Waals surface area contributed by atoms with Gasteiger partial charge in [-0.15, -0.1) is 0 Å². The summed E-state index contributed by atoms with van der Waals surface area (Å²) in [5.74, 6) is 0.618. The number of hydrogen-bond donors (Lipinski definition) is 0. The van der Waals surface area contributed by atoms with Crippen molar-refractivity contribution in [3.05, 3.63) is 74.1 Å². The van der Waals surface area contributed by atoms with E-state index in [4.69, 9.17) is 32.4 Å². The van der Waals surface area contributed by atoms with Crippen molar-refractivity contribution in [3.8, 4) is 5.75 Å². The zero-order valence-corrected chi connectivity index (χ0v) is 13.2. The summed E-state index contributed by atoms with van der Waals surface area (Å²) >= 11 is 11.8. The van der Waals surface area contributed by atoms with Crippen LogP contribution in [0.5, 0.6) is 5.75 Å². The lowest BCUT2D eigenvalue weighted by molar-refractivity contribution is 0.306. The fourth-order valence-corrected chi connectivity index (χ4v) is 2.51. The van der Waals surface area contributed by atoms with Gasteiger partial charge in [0.05, 0.1) is 10.0 Å². The number of benzene rings is 2. The number of rotatable bonds is 3. The Hall–Kier alpha value is -1.97. The third-order valence-electron chi connectivity index (χ3n) is 3.31. The van der Waals surface area contributed by atoms with E-state index in [1.165, 1.54) is 6.07 Å². The molecule has 0 amide bonds. The smallest absolute Gasteiger partial charge is 0.336 e. The summed E-state index contributed by atoms with van der Waals surface area (Å²) in [5.41, 5.74) is 1.92. The van der Waals surface area contributed by atoms with Crippen LogP contribution in [-0.2, 0) is 6.61 Å². The molecule has 22 heavy (non-hydrogen) atoms. The lowest BCUT2D eigenvalue weighted by Gasteiger charge is -2.08. The second kappa shape index (κ2) is 6.03. The molecule has 3 rings (SSSR count). The van der Waals surface area contributed by atoms with Gasteiger partial charge < -0.3 is 9.15 Å². The van der Waals surface area contributed by atoms with Gasteiger partial charge in [-0.05, 0) is 42.3 Å². The highest BCUT2D eigenvalue weighted by molar-refractivity contribution is 6.42. The van der Waals surface area contributed by atoms with Crippen LogP contribution in [0.2, 0.25) is 10.0 Å². The second-order valence-corrected chi connectivity index (χ2v) is 5.76. The Morgan fingerprint density at radius 2 is 1.86 bits per heavy atom. The lowest BCUT2D eigenvalue weighted by atomic mass is 10.1. The van der Waals surface area contributed by atoms with Crippen LogP contribution in [0.25, 0.3) is 11.0 Å². The van der Waals surface area contributed by atoms with E-state index in [0.29, 0.717) is 28.0 Å². The Balaban J connectivity index is 1.84. The highest BCUT2D eigenvalue weighted by Crippen LogP contribution is 2.25. The van der Waals surface area contributed by atoms with E-state index in [-0.39, 0.29) is 5.63 Å². The van der Waals surface area contributed by atoms with Gasteiger partial charge in [0.1, 0.15) is 17.9 Å². The Morgan fingerprint density at radius 3 is 2.64 bits per heavy atom. The third kappa shape index (κ3) is 3.11. The molecule has 3 aromatic rings. The maximum Gasteiger partial charge on any atom is 0.336 e. The summed E-state index contributed by atoms with van der Waals surface area (Å²) in [7, 11) is 0. The molecule has 0 fully saturated rings. The topological polar surface area (TPSA) is 39.4 Å². The van der Waals surface area contributed by atoms with Crippen molar-refractivity contribution < 1.29 is 9.15 Å². The predicted octanol–water partition coefficient (Wildman–Crippen LogP) is 4.99. The van der Waals surface area contributed by atoms with Crippen molar-refractivity contribution in [1.29, 1.82) is 0 Å². The van der Waals surface area contributed by atoms with Crippen LogP contribution in [-0.4, -0.2) is 0 Å². The minimum Gasteiger partial charge on any atom is -0.489 e. The van der Waals surface area contributed by atoms with Gasteiger partial charge in [0.15, 0.2) is 0 Å². The molecule has 0 unspecified atom stereocenters. The molecule has 0 aliphatic heterocycles. The normalized spacial score (nSPS) is 10.9. The molecule has 0 atom stereocenters. The maximum absolute atomic E-state index is 11.4. The van der Waals surface area contributed by atoms with Crippen LogP contribution in [0.15, 0.2) is 51.7 Å². The van der Waals surface area contributed by atoms with Crippen LogP contribution in [0.1, 0.15) is 11.1 Å². The predicted molar refractivity (Wildman–Crippen MR) is 88.0 cm³/mol. The minimum atomic E-state index is -0.369. The van der Waals surface area contributed by atoms with E-state index in [0.717, 1.165) is 16.5 Å². The van der Waals surface area contributed by atoms with Crippen LogP contribution >= 0.6 is 23.2 Å². The molecule has 0 bridgehead atoms. The molecule has 0 N–H and O–H groups in total. The van der Waals surface area contributed by atoms with Gasteiger partial charge in [-0.1, -0.05) is 29.3 Å². The van der Waals surface area contributed by atoms with E-state index >= 15 is 0 Å². The summed E-state index contributed by atoms with van der Waals surface area (Å²) in [6.45, 7) is 2.22. The lowest BCUT2D eigenvalue weighted by Crippen LogP contribution is -1.99. The van der Waals surface area contributed by atoms with Gasteiger partial charge in [-0.3, -0.25) is 0 Å². The fourth-order valence-electron chi connectivity index (χ4n) is 2.19. The molecule has 1 heterocycles. The number of aryl methyl sites for hydroxylation is 1. The molecular weight excluding hydrogens is 323 g/mol. The van der Waals surface area contributed by atoms with Crippen molar-refractivity contribution in [2.75, 3.05) is 0 Å². The molecule has 0 radical (unpaired) electrons. The van der Waals surface area contributed by atoms with E-state index in [1.54, 1.807) is 18.2 Å². The van der Waals surface area contributed by atoms with Gasteiger partial charge in [-0.2, -0.15) is 0 Å². The first kappa shape index (κ1) is 14.9.